The topological polar surface area (TPSA) is 29.1 Å². The van der Waals surface area contributed by atoms with E-state index in [4.69, 9.17) is 0 Å². The van der Waals surface area contributed by atoms with Gasteiger partial charge in [0, 0.05) is 3.57 Å². The van der Waals surface area contributed by atoms with Crippen molar-refractivity contribution in [3.8, 4) is 0 Å². The molecular weight excluding hydrogens is 322 g/mol. The van der Waals surface area contributed by atoms with Gasteiger partial charge in [-0.2, -0.15) is 13.2 Å². The monoisotopic (exact) mass is 329 g/mol. The van der Waals surface area contributed by atoms with Gasteiger partial charge in [0.05, 0.1) is 5.69 Å². The third kappa shape index (κ3) is 3.37. The Bertz CT molecular complexity index is 389. The number of rotatable bonds is 1. The second kappa shape index (κ2) is 4.38. The molecule has 0 bridgehead atoms. The summed E-state index contributed by atoms with van der Waals surface area (Å²) in [5, 5.41) is 1.82. The second-order valence-corrected chi connectivity index (χ2v) is 4.10. The van der Waals surface area contributed by atoms with Crippen molar-refractivity contribution in [2.45, 2.75) is 13.1 Å². The number of benzene rings is 1. The fourth-order valence-corrected chi connectivity index (χ4v) is 1.40. The Hall–Kier alpha value is -0.790. The summed E-state index contributed by atoms with van der Waals surface area (Å²) in [6, 6.07) is 4.89. The Balaban J connectivity index is 2.90. The maximum atomic E-state index is 12.0. The minimum absolute atomic E-state index is 0.179. The first kappa shape index (κ1) is 12.3. The van der Waals surface area contributed by atoms with Crippen LogP contribution in [0.25, 0.3) is 0 Å². The largest absolute Gasteiger partial charge is 0.471 e. The first-order chi connectivity index (χ1) is 6.80. The highest BCUT2D eigenvalue weighted by atomic mass is 127. The van der Waals surface area contributed by atoms with Gasteiger partial charge in [0.15, 0.2) is 0 Å². The van der Waals surface area contributed by atoms with Gasteiger partial charge in [-0.3, -0.25) is 4.79 Å². The van der Waals surface area contributed by atoms with Crippen molar-refractivity contribution < 1.29 is 18.0 Å². The van der Waals surface area contributed by atoms with Crippen LogP contribution in [0.1, 0.15) is 5.56 Å². The first-order valence-corrected chi connectivity index (χ1v) is 5.03. The van der Waals surface area contributed by atoms with Crippen LogP contribution in [0.5, 0.6) is 0 Å². The molecule has 15 heavy (non-hydrogen) atoms. The normalized spacial score (nSPS) is 11.3. The van der Waals surface area contributed by atoms with E-state index in [1.54, 1.807) is 19.1 Å². The van der Waals surface area contributed by atoms with Gasteiger partial charge in [0.1, 0.15) is 0 Å². The van der Waals surface area contributed by atoms with Crippen molar-refractivity contribution in [2.75, 3.05) is 5.32 Å². The highest BCUT2D eigenvalue weighted by Gasteiger charge is 2.38. The average molecular weight is 329 g/mol. The predicted molar refractivity (Wildman–Crippen MR) is 58.6 cm³/mol. The van der Waals surface area contributed by atoms with Gasteiger partial charge in [-0.05, 0) is 47.2 Å². The number of carbonyl (C=O) groups is 1. The number of anilines is 1. The van der Waals surface area contributed by atoms with Gasteiger partial charge in [-0.15, -0.1) is 0 Å². The van der Waals surface area contributed by atoms with E-state index in [-0.39, 0.29) is 5.69 Å². The number of nitrogens with one attached hydrogen (secondary N) is 1. The Kier molecular flexibility index (Phi) is 3.58. The zero-order valence-corrected chi connectivity index (χ0v) is 9.81. The van der Waals surface area contributed by atoms with Crippen LogP contribution < -0.4 is 5.32 Å². The lowest BCUT2D eigenvalue weighted by Gasteiger charge is -2.10. The molecule has 1 N–H and O–H groups in total. The number of amides is 1. The smallest absolute Gasteiger partial charge is 0.317 e. The van der Waals surface area contributed by atoms with E-state index >= 15 is 0 Å². The van der Waals surface area contributed by atoms with Crippen LogP contribution in [0.15, 0.2) is 18.2 Å². The van der Waals surface area contributed by atoms with E-state index in [1.807, 2.05) is 27.9 Å². The molecule has 82 valence electrons. The van der Waals surface area contributed by atoms with E-state index < -0.39 is 12.1 Å². The lowest BCUT2D eigenvalue weighted by molar-refractivity contribution is -0.167. The number of hydrogen-bond acceptors (Lipinski definition) is 1. The molecule has 2 nitrogen and oxygen atoms in total. The van der Waals surface area contributed by atoms with Gasteiger partial charge in [-0.25, -0.2) is 0 Å². The molecule has 6 heteroatoms. The molecule has 0 heterocycles. The van der Waals surface area contributed by atoms with Crippen LogP contribution in [0.2, 0.25) is 0 Å². The summed E-state index contributed by atoms with van der Waals surface area (Å²) >= 11 is 1.86. The van der Waals surface area contributed by atoms with Gasteiger partial charge < -0.3 is 5.32 Å². The molecule has 1 aromatic carbocycles. The summed E-state index contributed by atoms with van der Waals surface area (Å²) < 4.78 is 36.4. The molecule has 0 radical (unpaired) electrons. The zero-order chi connectivity index (χ0) is 11.6. The summed E-state index contributed by atoms with van der Waals surface area (Å²) in [5.74, 6) is -1.95. The van der Waals surface area contributed by atoms with Gasteiger partial charge >= 0.3 is 12.1 Å². The molecule has 1 aromatic rings. The molecule has 0 aliphatic heterocycles. The third-order valence-electron chi connectivity index (χ3n) is 1.63. The molecule has 0 unspecified atom stereocenters. The van der Waals surface area contributed by atoms with Crippen molar-refractivity contribution >= 4 is 34.2 Å². The summed E-state index contributed by atoms with van der Waals surface area (Å²) in [6.07, 6.45) is -4.85. The molecule has 0 saturated heterocycles. The molecule has 0 atom stereocenters. The number of halogens is 4. The SMILES string of the molecule is Cc1ccc(I)c(NC(=O)C(F)(F)F)c1. The third-order valence-corrected chi connectivity index (χ3v) is 2.57. The van der Waals surface area contributed by atoms with Crippen LogP contribution in [0.4, 0.5) is 18.9 Å². The molecule has 1 rings (SSSR count). The summed E-state index contributed by atoms with van der Waals surface area (Å²) in [5.41, 5.74) is 0.964. The van der Waals surface area contributed by atoms with Gasteiger partial charge in [-0.1, -0.05) is 6.07 Å². The van der Waals surface area contributed by atoms with Crippen molar-refractivity contribution in [2.24, 2.45) is 0 Å². The summed E-state index contributed by atoms with van der Waals surface area (Å²) in [6.45, 7) is 1.74. The van der Waals surface area contributed by atoms with Crippen LogP contribution >= 0.6 is 22.6 Å². The fourth-order valence-electron chi connectivity index (χ4n) is 0.928. The Morgan fingerprint density at radius 1 is 1.40 bits per heavy atom. The van der Waals surface area contributed by atoms with Crippen LogP contribution in [0.3, 0.4) is 0 Å². The van der Waals surface area contributed by atoms with Crippen LogP contribution in [-0.4, -0.2) is 12.1 Å². The van der Waals surface area contributed by atoms with Gasteiger partial charge in [0.2, 0.25) is 0 Å². The number of hydrogen-bond donors (Lipinski definition) is 1. The van der Waals surface area contributed by atoms with E-state index in [1.165, 1.54) is 6.07 Å². The van der Waals surface area contributed by atoms with Crippen LogP contribution in [-0.2, 0) is 4.79 Å². The predicted octanol–water partition coefficient (Wildman–Crippen LogP) is 3.10. The minimum atomic E-state index is -4.85. The van der Waals surface area contributed by atoms with E-state index in [0.29, 0.717) is 3.57 Å². The van der Waals surface area contributed by atoms with E-state index in [0.717, 1.165) is 5.56 Å². The molecule has 0 aromatic heterocycles. The van der Waals surface area contributed by atoms with Crippen molar-refractivity contribution in [1.29, 1.82) is 0 Å². The molecule has 0 aliphatic carbocycles. The average Bonchev–Trinajstić information content (AvgIpc) is 2.09. The lowest BCUT2D eigenvalue weighted by atomic mass is 10.2. The number of carbonyl (C=O) groups excluding carboxylic acids is 1. The maximum absolute atomic E-state index is 12.0. The van der Waals surface area contributed by atoms with E-state index in [2.05, 4.69) is 0 Å². The Morgan fingerprint density at radius 3 is 2.53 bits per heavy atom. The van der Waals surface area contributed by atoms with Crippen molar-refractivity contribution in [1.82, 2.24) is 0 Å². The highest BCUT2D eigenvalue weighted by molar-refractivity contribution is 14.1. The minimum Gasteiger partial charge on any atom is -0.317 e. The second-order valence-electron chi connectivity index (χ2n) is 2.94. The summed E-state index contributed by atoms with van der Waals surface area (Å²) in [7, 11) is 0. The van der Waals surface area contributed by atoms with E-state index in [9.17, 15) is 18.0 Å². The quantitative estimate of drug-likeness (QED) is 0.788. The summed E-state index contributed by atoms with van der Waals surface area (Å²) in [4.78, 5) is 10.7. The van der Waals surface area contributed by atoms with Crippen LogP contribution in [0, 0.1) is 10.5 Å². The standard InChI is InChI=1S/C9H7F3INO/c1-5-2-3-6(13)7(4-5)14-8(15)9(10,11)12/h2-4H,1H3,(H,14,15). The van der Waals surface area contributed by atoms with Crippen molar-refractivity contribution in [3.63, 3.8) is 0 Å². The number of alkyl halides is 3. The molecule has 0 spiro atoms. The zero-order valence-electron chi connectivity index (χ0n) is 7.65. The van der Waals surface area contributed by atoms with Crippen molar-refractivity contribution in [3.05, 3.63) is 27.3 Å². The first-order valence-electron chi connectivity index (χ1n) is 3.95. The molecule has 0 fully saturated rings. The lowest BCUT2D eigenvalue weighted by Crippen LogP contribution is -2.30. The molecule has 1 amide bonds. The molecular formula is C9H7F3INO. The Morgan fingerprint density at radius 2 is 2.00 bits per heavy atom. The molecule has 0 saturated carbocycles. The number of aryl methyl sites for hydroxylation is 1. The van der Waals surface area contributed by atoms with Gasteiger partial charge in [0.25, 0.3) is 0 Å². The Labute approximate surface area is 98.0 Å². The molecule has 0 aliphatic rings. The maximum Gasteiger partial charge on any atom is 0.471 e. The highest BCUT2D eigenvalue weighted by Crippen LogP contribution is 2.23. The fraction of sp³-hybridized carbons (Fsp3) is 0.222.